The zero-order valence-electron chi connectivity index (χ0n) is 19.7. The molecule has 2 aromatic carbocycles. The molecule has 0 saturated carbocycles. The molecule has 0 aliphatic heterocycles. The van der Waals surface area contributed by atoms with E-state index in [1.54, 1.807) is 36.4 Å². The molecular weight excluding hydrogens is 505 g/mol. The Morgan fingerprint density at radius 3 is 2.37 bits per heavy atom. The molecule has 0 unspecified atom stereocenters. The van der Waals surface area contributed by atoms with E-state index in [0.717, 1.165) is 5.56 Å². The molecule has 0 aliphatic carbocycles. The normalized spacial score (nSPS) is 11.8. The largest absolute Gasteiger partial charge is 0.342 e. The fourth-order valence-corrected chi connectivity index (χ4v) is 4.63. The molecule has 7 nitrogen and oxygen atoms in total. The highest BCUT2D eigenvalue weighted by molar-refractivity contribution is 7.99. The summed E-state index contributed by atoms with van der Waals surface area (Å²) < 4.78 is 1.86. The van der Waals surface area contributed by atoms with E-state index >= 15 is 0 Å². The summed E-state index contributed by atoms with van der Waals surface area (Å²) in [5.41, 5.74) is 2.17. The Hall–Kier alpha value is -2.81. The fraction of sp³-hybridized carbons (Fsp3) is 0.280. The van der Waals surface area contributed by atoms with Crippen molar-refractivity contribution in [1.29, 1.82) is 0 Å². The number of amides is 2. The zero-order valence-corrected chi connectivity index (χ0v) is 22.0. The molecule has 1 aromatic heterocycles. The quantitative estimate of drug-likeness (QED) is 0.249. The smallest absolute Gasteiger partial charge is 0.251 e. The maximum absolute atomic E-state index is 12.9. The highest BCUT2D eigenvalue weighted by Crippen LogP contribution is 2.27. The third-order valence-electron chi connectivity index (χ3n) is 5.08. The molecular formula is C25H27Cl2N5O2S. The number of carbonyl (C=O) groups is 2. The Morgan fingerprint density at radius 1 is 1.11 bits per heavy atom. The molecule has 0 fully saturated rings. The summed E-state index contributed by atoms with van der Waals surface area (Å²) >= 11 is 13.2. The van der Waals surface area contributed by atoms with Gasteiger partial charge in [0.2, 0.25) is 5.91 Å². The van der Waals surface area contributed by atoms with Gasteiger partial charge in [-0.25, -0.2) is 0 Å². The minimum absolute atomic E-state index is 0.0471. The monoisotopic (exact) mass is 531 g/mol. The number of rotatable bonds is 10. The van der Waals surface area contributed by atoms with E-state index in [4.69, 9.17) is 23.2 Å². The van der Waals surface area contributed by atoms with Crippen LogP contribution in [0.25, 0.3) is 0 Å². The van der Waals surface area contributed by atoms with Crippen LogP contribution in [0.2, 0.25) is 10.0 Å². The predicted molar refractivity (Wildman–Crippen MR) is 142 cm³/mol. The molecule has 0 spiro atoms. The number of carbonyl (C=O) groups excluding carboxylic acids is 2. The number of nitrogens with one attached hydrogen (secondary N) is 2. The van der Waals surface area contributed by atoms with Crippen molar-refractivity contribution < 1.29 is 9.59 Å². The maximum Gasteiger partial charge on any atom is 0.251 e. The van der Waals surface area contributed by atoms with Crippen LogP contribution in [0.1, 0.15) is 41.6 Å². The zero-order chi connectivity index (χ0) is 25.5. The molecule has 35 heavy (non-hydrogen) atoms. The molecule has 1 atom stereocenters. The van der Waals surface area contributed by atoms with Gasteiger partial charge in [-0.15, -0.1) is 16.8 Å². The minimum Gasteiger partial charge on any atom is -0.342 e. The average molecular weight is 532 g/mol. The summed E-state index contributed by atoms with van der Waals surface area (Å²) in [7, 11) is 0. The first kappa shape index (κ1) is 26.8. The van der Waals surface area contributed by atoms with E-state index in [0.29, 0.717) is 38.8 Å². The standard InChI is InChI=1S/C25H27Cl2N5O2S/c1-5-10-32-23(22(15(2)3)29-24(34)17-8-6-16(4)7-9-17)30-31-25(32)35-14-21(33)28-20-12-18(26)11-19(27)13-20/h5-9,11-13,15,22H,1,10,14H2,2-4H3,(H,28,33)(H,29,34)/t22-/m0/s1. The second kappa shape index (κ2) is 12.2. The number of nitrogens with zero attached hydrogens (tertiary/aromatic N) is 3. The van der Waals surface area contributed by atoms with Crippen LogP contribution in [0.4, 0.5) is 5.69 Å². The number of halogens is 2. The Balaban J connectivity index is 1.75. The molecule has 1 heterocycles. The van der Waals surface area contributed by atoms with Gasteiger partial charge in [0.1, 0.15) is 0 Å². The van der Waals surface area contributed by atoms with Crippen molar-refractivity contribution in [3.63, 3.8) is 0 Å². The Morgan fingerprint density at radius 2 is 1.77 bits per heavy atom. The minimum atomic E-state index is -0.381. The molecule has 0 bridgehead atoms. The van der Waals surface area contributed by atoms with E-state index in [2.05, 4.69) is 27.4 Å². The van der Waals surface area contributed by atoms with E-state index in [1.165, 1.54) is 11.8 Å². The van der Waals surface area contributed by atoms with Crippen LogP contribution in [0.3, 0.4) is 0 Å². The Labute approximate surface area is 219 Å². The lowest BCUT2D eigenvalue weighted by atomic mass is 10.0. The van der Waals surface area contributed by atoms with Crippen molar-refractivity contribution in [2.75, 3.05) is 11.1 Å². The second-order valence-corrected chi connectivity index (χ2v) is 10.1. The van der Waals surface area contributed by atoms with Crippen LogP contribution in [0, 0.1) is 12.8 Å². The van der Waals surface area contributed by atoms with Gasteiger partial charge >= 0.3 is 0 Å². The van der Waals surface area contributed by atoms with Crippen LogP contribution < -0.4 is 10.6 Å². The number of anilines is 1. The number of thioether (sulfide) groups is 1. The van der Waals surface area contributed by atoms with Gasteiger partial charge in [-0.1, -0.05) is 72.6 Å². The first-order valence-corrected chi connectivity index (χ1v) is 12.7. The summed E-state index contributed by atoms with van der Waals surface area (Å²) in [6.45, 7) is 10.2. The molecule has 0 aliphatic rings. The van der Waals surface area contributed by atoms with Crippen molar-refractivity contribution in [3.8, 4) is 0 Å². The number of aromatic nitrogens is 3. The summed E-state index contributed by atoms with van der Waals surface area (Å²) in [6.07, 6.45) is 1.73. The SMILES string of the molecule is C=CCn1c(SCC(=O)Nc2cc(Cl)cc(Cl)c2)nnc1[C@@H](NC(=O)c1ccc(C)cc1)C(C)C. The topological polar surface area (TPSA) is 88.9 Å². The van der Waals surface area contributed by atoms with Crippen molar-refractivity contribution in [2.45, 2.75) is 38.5 Å². The molecule has 2 N–H and O–H groups in total. The highest BCUT2D eigenvalue weighted by Gasteiger charge is 2.26. The van der Waals surface area contributed by atoms with Gasteiger partial charge in [0.25, 0.3) is 5.91 Å². The van der Waals surface area contributed by atoms with Crippen LogP contribution in [0.15, 0.2) is 60.3 Å². The molecule has 3 aromatic rings. The van der Waals surface area contributed by atoms with Crippen molar-refractivity contribution in [2.24, 2.45) is 5.92 Å². The van der Waals surface area contributed by atoms with E-state index < -0.39 is 0 Å². The van der Waals surface area contributed by atoms with Gasteiger partial charge < -0.3 is 15.2 Å². The summed E-state index contributed by atoms with van der Waals surface area (Å²) in [6, 6.07) is 11.8. The van der Waals surface area contributed by atoms with Crippen LogP contribution in [0.5, 0.6) is 0 Å². The van der Waals surface area contributed by atoms with Crippen molar-refractivity contribution in [1.82, 2.24) is 20.1 Å². The van der Waals surface area contributed by atoms with E-state index in [9.17, 15) is 9.59 Å². The van der Waals surface area contributed by atoms with Crippen molar-refractivity contribution >= 4 is 52.5 Å². The predicted octanol–water partition coefficient (Wildman–Crippen LogP) is 5.94. The number of allylic oxidation sites excluding steroid dienone is 1. The number of aryl methyl sites for hydroxylation is 1. The molecule has 2 amide bonds. The average Bonchev–Trinajstić information content (AvgIpc) is 3.18. The maximum atomic E-state index is 12.9. The number of hydrogen-bond acceptors (Lipinski definition) is 5. The Bertz CT molecular complexity index is 1190. The third kappa shape index (κ3) is 7.34. The van der Waals surface area contributed by atoms with Gasteiger partial charge in [0.05, 0.1) is 11.8 Å². The van der Waals surface area contributed by atoms with Crippen LogP contribution in [-0.2, 0) is 11.3 Å². The van der Waals surface area contributed by atoms with Gasteiger partial charge in [-0.3, -0.25) is 9.59 Å². The highest BCUT2D eigenvalue weighted by atomic mass is 35.5. The fourth-order valence-electron chi connectivity index (χ4n) is 3.35. The van der Waals surface area contributed by atoms with Gasteiger partial charge in [0, 0.05) is 27.8 Å². The van der Waals surface area contributed by atoms with Crippen LogP contribution in [-0.4, -0.2) is 32.3 Å². The third-order valence-corrected chi connectivity index (χ3v) is 6.48. The van der Waals surface area contributed by atoms with Gasteiger partial charge in [0.15, 0.2) is 11.0 Å². The lowest BCUT2D eigenvalue weighted by Crippen LogP contribution is -2.33. The summed E-state index contributed by atoms with van der Waals surface area (Å²) in [4.78, 5) is 25.4. The number of hydrogen-bond donors (Lipinski definition) is 2. The molecule has 0 radical (unpaired) electrons. The number of benzene rings is 2. The molecule has 3 rings (SSSR count). The second-order valence-electron chi connectivity index (χ2n) is 8.30. The van der Waals surface area contributed by atoms with Gasteiger partial charge in [-0.05, 0) is 43.2 Å². The lowest BCUT2D eigenvalue weighted by Gasteiger charge is -2.22. The Kier molecular flexibility index (Phi) is 9.37. The van der Waals surface area contributed by atoms with E-state index in [-0.39, 0.29) is 29.5 Å². The summed E-state index contributed by atoms with van der Waals surface area (Å²) in [5, 5.41) is 15.9. The lowest BCUT2D eigenvalue weighted by molar-refractivity contribution is -0.113. The molecule has 0 saturated heterocycles. The van der Waals surface area contributed by atoms with Crippen LogP contribution >= 0.6 is 35.0 Å². The molecule has 184 valence electrons. The first-order valence-electron chi connectivity index (χ1n) is 11.0. The van der Waals surface area contributed by atoms with E-state index in [1.807, 2.05) is 37.5 Å². The summed E-state index contributed by atoms with van der Waals surface area (Å²) in [5.74, 6) is 0.319. The first-order chi connectivity index (χ1) is 16.7. The molecule has 10 heteroatoms. The van der Waals surface area contributed by atoms with Crippen molar-refractivity contribution in [3.05, 3.63) is 82.1 Å². The van der Waals surface area contributed by atoms with Gasteiger partial charge in [-0.2, -0.15) is 0 Å².